The van der Waals surface area contributed by atoms with Crippen LogP contribution in [0.1, 0.15) is 31.9 Å². The van der Waals surface area contributed by atoms with Crippen LogP contribution in [0.15, 0.2) is 12.1 Å². The van der Waals surface area contributed by atoms with E-state index in [2.05, 4.69) is 0 Å². The fraction of sp³-hybridized carbons (Fsp3) is 0.500. The zero-order valence-corrected chi connectivity index (χ0v) is 9.27. The number of hydrogen-bond donors (Lipinski definition) is 1. The molecule has 0 saturated heterocycles. The van der Waals surface area contributed by atoms with Crippen LogP contribution < -0.4 is 0 Å². The number of aliphatic hydroxyl groups excluding tert-OH is 1. The molecule has 15 heavy (non-hydrogen) atoms. The first-order valence-electron chi connectivity index (χ1n) is 5.02. The van der Waals surface area contributed by atoms with Gasteiger partial charge in [-0.25, -0.2) is 8.78 Å². The van der Waals surface area contributed by atoms with Crippen LogP contribution in [0.25, 0.3) is 0 Å². The first-order valence-corrected chi connectivity index (χ1v) is 5.02. The normalized spacial score (nSPS) is 11.9. The van der Waals surface area contributed by atoms with Gasteiger partial charge in [-0.15, -0.1) is 0 Å². The number of hydrogen-bond acceptors (Lipinski definition) is 1. The lowest BCUT2D eigenvalue weighted by molar-refractivity contribution is 0.210. The zero-order valence-electron chi connectivity index (χ0n) is 9.27. The van der Waals surface area contributed by atoms with Gasteiger partial charge in [0.2, 0.25) is 0 Å². The molecule has 1 N–H and O–H groups in total. The Morgan fingerprint density at radius 2 is 1.87 bits per heavy atom. The van der Waals surface area contributed by atoms with Crippen molar-refractivity contribution in [2.45, 2.75) is 32.6 Å². The van der Waals surface area contributed by atoms with Crippen LogP contribution in [0.3, 0.4) is 0 Å². The lowest BCUT2D eigenvalue weighted by atomic mass is 9.83. The van der Waals surface area contributed by atoms with E-state index in [1.165, 1.54) is 12.1 Å². The molecule has 0 unspecified atom stereocenters. The van der Waals surface area contributed by atoms with E-state index in [9.17, 15) is 8.78 Å². The molecule has 84 valence electrons. The van der Waals surface area contributed by atoms with E-state index in [0.29, 0.717) is 12.0 Å². The molecule has 1 rings (SSSR count). The molecule has 0 heterocycles. The SMILES string of the molecule is CCc1ccc(F)c(C(C)(C)CO)c1F. The predicted octanol–water partition coefficient (Wildman–Crippen LogP) is 2.80. The highest BCUT2D eigenvalue weighted by Gasteiger charge is 2.28. The van der Waals surface area contributed by atoms with Gasteiger partial charge in [0.1, 0.15) is 11.6 Å². The number of halogens is 2. The number of aryl methyl sites for hydroxylation is 1. The van der Waals surface area contributed by atoms with Crippen molar-refractivity contribution in [1.82, 2.24) is 0 Å². The molecule has 0 saturated carbocycles. The summed E-state index contributed by atoms with van der Waals surface area (Å²) in [6, 6.07) is 2.70. The maximum Gasteiger partial charge on any atom is 0.133 e. The average Bonchev–Trinajstić information content (AvgIpc) is 2.18. The molecular weight excluding hydrogens is 198 g/mol. The van der Waals surface area contributed by atoms with E-state index in [1.807, 2.05) is 6.92 Å². The quantitative estimate of drug-likeness (QED) is 0.820. The summed E-state index contributed by atoms with van der Waals surface area (Å²) in [4.78, 5) is 0. The number of rotatable bonds is 3. The molecule has 0 radical (unpaired) electrons. The van der Waals surface area contributed by atoms with Gasteiger partial charge in [0.25, 0.3) is 0 Å². The van der Waals surface area contributed by atoms with E-state index >= 15 is 0 Å². The monoisotopic (exact) mass is 214 g/mol. The minimum Gasteiger partial charge on any atom is -0.395 e. The molecule has 1 aromatic carbocycles. The molecule has 0 spiro atoms. The summed E-state index contributed by atoms with van der Waals surface area (Å²) < 4.78 is 27.4. The van der Waals surface area contributed by atoms with Crippen LogP contribution >= 0.6 is 0 Å². The third kappa shape index (κ3) is 2.17. The zero-order chi connectivity index (χ0) is 11.6. The first kappa shape index (κ1) is 12.1. The van der Waals surface area contributed by atoms with Crippen molar-refractivity contribution in [3.8, 4) is 0 Å². The standard InChI is InChI=1S/C12H16F2O/c1-4-8-5-6-9(13)10(11(8)14)12(2,3)7-15/h5-6,15H,4,7H2,1-3H3. The van der Waals surface area contributed by atoms with Gasteiger partial charge in [0.05, 0.1) is 6.61 Å². The highest BCUT2D eigenvalue weighted by Crippen LogP contribution is 2.29. The van der Waals surface area contributed by atoms with Gasteiger partial charge < -0.3 is 5.11 Å². The Kier molecular flexibility index (Phi) is 3.45. The molecule has 1 nitrogen and oxygen atoms in total. The highest BCUT2D eigenvalue weighted by molar-refractivity contribution is 5.33. The van der Waals surface area contributed by atoms with E-state index < -0.39 is 17.0 Å². The Bertz CT molecular complexity index is 359. The molecule has 0 fully saturated rings. The summed E-state index contributed by atoms with van der Waals surface area (Å²) in [6.07, 6.45) is 0.515. The van der Waals surface area contributed by atoms with Crippen LogP contribution in [0, 0.1) is 11.6 Å². The van der Waals surface area contributed by atoms with Gasteiger partial charge in [0.15, 0.2) is 0 Å². The topological polar surface area (TPSA) is 20.2 Å². The summed E-state index contributed by atoms with van der Waals surface area (Å²) in [5, 5.41) is 9.13. The lowest BCUT2D eigenvalue weighted by Crippen LogP contribution is -2.26. The second-order valence-electron chi connectivity index (χ2n) is 4.29. The van der Waals surface area contributed by atoms with Crippen LogP contribution in [-0.2, 0) is 11.8 Å². The Labute approximate surface area is 88.7 Å². The number of aliphatic hydroxyl groups is 1. The van der Waals surface area contributed by atoms with E-state index in [4.69, 9.17) is 5.11 Å². The molecule has 0 amide bonds. The molecule has 0 atom stereocenters. The van der Waals surface area contributed by atoms with E-state index in [0.717, 1.165) is 0 Å². The molecule has 1 aromatic rings. The Hall–Kier alpha value is -0.960. The minimum absolute atomic E-state index is 0.0237. The number of benzene rings is 1. The molecule has 0 bridgehead atoms. The summed E-state index contributed by atoms with van der Waals surface area (Å²) >= 11 is 0. The highest BCUT2D eigenvalue weighted by atomic mass is 19.1. The van der Waals surface area contributed by atoms with E-state index in [-0.39, 0.29) is 12.2 Å². The van der Waals surface area contributed by atoms with Crippen molar-refractivity contribution in [2.24, 2.45) is 0 Å². The molecule has 0 aliphatic rings. The average molecular weight is 214 g/mol. The van der Waals surface area contributed by atoms with Crippen LogP contribution in [0.4, 0.5) is 8.78 Å². The Balaban J connectivity index is 3.39. The van der Waals surface area contributed by atoms with Crippen LogP contribution in [0.5, 0.6) is 0 Å². The molecule has 3 heteroatoms. The van der Waals surface area contributed by atoms with Crippen molar-refractivity contribution < 1.29 is 13.9 Å². The summed E-state index contributed by atoms with van der Waals surface area (Å²) in [5.74, 6) is -1.12. The molecule has 0 aromatic heterocycles. The van der Waals surface area contributed by atoms with Crippen molar-refractivity contribution in [1.29, 1.82) is 0 Å². The van der Waals surface area contributed by atoms with Gasteiger partial charge in [-0.2, -0.15) is 0 Å². The summed E-state index contributed by atoms with van der Waals surface area (Å²) in [6.45, 7) is 4.77. The minimum atomic E-state index is -0.890. The maximum absolute atomic E-state index is 13.9. The predicted molar refractivity (Wildman–Crippen MR) is 55.8 cm³/mol. The van der Waals surface area contributed by atoms with Gasteiger partial charge >= 0.3 is 0 Å². The lowest BCUT2D eigenvalue weighted by Gasteiger charge is -2.24. The van der Waals surface area contributed by atoms with Gasteiger partial charge in [-0.1, -0.05) is 26.8 Å². The Morgan fingerprint density at radius 1 is 1.27 bits per heavy atom. The summed E-state index contributed by atoms with van der Waals surface area (Å²) in [5.41, 5.74) is -0.434. The van der Waals surface area contributed by atoms with Crippen molar-refractivity contribution >= 4 is 0 Å². The Morgan fingerprint density at radius 3 is 2.33 bits per heavy atom. The second-order valence-corrected chi connectivity index (χ2v) is 4.29. The third-order valence-electron chi connectivity index (χ3n) is 2.62. The molecule has 0 aliphatic carbocycles. The largest absolute Gasteiger partial charge is 0.395 e. The van der Waals surface area contributed by atoms with Crippen LogP contribution in [-0.4, -0.2) is 11.7 Å². The van der Waals surface area contributed by atoms with Gasteiger partial charge in [0, 0.05) is 11.0 Å². The smallest absolute Gasteiger partial charge is 0.133 e. The summed E-state index contributed by atoms with van der Waals surface area (Å²) in [7, 11) is 0. The van der Waals surface area contributed by atoms with Crippen LogP contribution in [0.2, 0.25) is 0 Å². The second kappa shape index (κ2) is 4.27. The van der Waals surface area contributed by atoms with Crippen molar-refractivity contribution in [2.75, 3.05) is 6.61 Å². The van der Waals surface area contributed by atoms with Gasteiger partial charge in [-0.05, 0) is 18.1 Å². The third-order valence-corrected chi connectivity index (χ3v) is 2.62. The molecule has 0 aliphatic heterocycles. The van der Waals surface area contributed by atoms with Crippen molar-refractivity contribution in [3.05, 3.63) is 34.9 Å². The first-order chi connectivity index (χ1) is 6.94. The fourth-order valence-electron chi connectivity index (χ4n) is 1.57. The molecular formula is C12H16F2O. The van der Waals surface area contributed by atoms with Gasteiger partial charge in [-0.3, -0.25) is 0 Å². The van der Waals surface area contributed by atoms with Crippen molar-refractivity contribution in [3.63, 3.8) is 0 Å². The fourth-order valence-corrected chi connectivity index (χ4v) is 1.57. The maximum atomic E-state index is 13.9. The van der Waals surface area contributed by atoms with E-state index in [1.54, 1.807) is 13.8 Å².